The second-order valence-electron chi connectivity index (χ2n) is 6.25. The van der Waals surface area contributed by atoms with Crippen molar-refractivity contribution in [2.75, 3.05) is 0 Å². The first-order valence-electron chi connectivity index (χ1n) is 7.04. The first kappa shape index (κ1) is 17.2. The topological polar surface area (TPSA) is 92.4 Å². The van der Waals surface area contributed by atoms with E-state index in [2.05, 4.69) is 5.32 Å². The molecule has 5 heteroatoms. The number of amides is 1. The molecular formula is C16H24N2O3. The average Bonchev–Trinajstić information content (AvgIpc) is 2.42. The zero-order valence-electron chi connectivity index (χ0n) is 12.8. The summed E-state index contributed by atoms with van der Waals surface area (Å²) in [5.74, 6) is -1.15. The minimum atomic E-state index is -0.884. The molecule has 0 fully saturated rings. The van der Waals surface area contributed by atoms with Gasteiger partial charge in [0.25, 0.3) is 0 Å². The Morgan fingerprint density at radius 3 is 2.29 bits per heavy atom. The molecule has 2 atom stereocenters. The van der Waals surface area contributed by atoms with E-state index in [1.165, 1.54) is 0 Å². The van der Waals surface area contributed by atoms with E-state index in [9.17, 15) is 9.59 Å². The fourth-order valence-corrected chi connectivity index (χ4v) is 1.93. The minimum Gasteiger partial charge on any atom is -0.481 e. The summed E-state index contributed by atoms with van der Waals surface area (Å²) in [6.45, 7) is 5.68. The van der Waals surface area contributed by atoms with Crippen molar-refractivity contribution in [2.24, 2.45) is 11.1 Å². The Kier molecular flexibility index (Phi) is 5.90. The summed E-state index contributed by atoms with van der Waals surface area (Å²) in [4.78, 5) is 23.0. The van der Waals surface area contributed by atoms with Crippen LogP contribution in [0.2, 0.25) is 0 Å². The molecule has 0 aliphatic carbocycles. The van der Waals surface area contributed by atoms with Gasteiger partial charge in [-0.25, -0.2) is 0 Å². The monoisotopic (exact) mass is 292 g/mol. The highest BCUT2D eigenvalue weighted by Crippen LogP contribution is 2.21. The molecule has 1 aromatic rings. The van der Waals surface area contributed by atoms with Gasteiger partial charge in [0.2, 0.25) is 5.91 Å². The van der Waals surface area contributed by atoms with Gasteiger partial charge in [-0.1, -0.05) is 51.1 Å². The molecule has 1 aromatic carbocycles. The lowest BCUT2D eigenvalue weighted by Gasteiger charge is -2.28. The molecule has 0 bridgehead atoms. The van der Waals surface area contributed by atoms with E-state index in [0.717, 1.165) is 5.56 Å². The Morgan fingerprint density at radius 2 is 1.81 bits per heavy atom. The third kappa shape index (κ3) is 5.55. The molecule has 21 heavy (non-hydrogen) atoms. The second kappa shape index (κ2) is 7.22. The fourth-order valence-electron chi connectivity index (χ4n) is 1.93. The molecule has 1 amide bonds. The molecule has 0 aliphatic rings. The number of benzene rings is 1. The van der Waals surface area contributed by atoms with Crippen molar-refractivity contribution in [3.05, 3.63) is 35.9 Å². The normalized spacial score (nSPS) is 14.3. The van der Waals surface area contributed by atoms with Gasteiger partial charge < -0.3 is 16.2 Å². The maximum atomic E-state index is 12.2. The molecule has 0 aromatic heterocycles. The Balaban J connectivity index is 2.83. The first-order chi connectivity index (χ1) is 9.71. The average molecular weight is 292 g/mol. The van der Waals surface area contributed by atoms with E-state index >= 15 is 0 Å². The third-order valence-corrected chi connectivity index (χ3v) is 3.38. The second-order valence-corrected chi connectivity index (χ2v) is 6.25. The van der Waals surface area contributed by atoms with Crippen molar-refractivity contribution in [1.29, 1.82) is 0 Å². The van der Waals surface area contributed by atoms with Gasteiger partial charge in [0.1, 0.15) is 0 Å². The zero-order chi connectivity index (χ0) is 16.0. The van der Waals surface area contributed by atoms with Crippen molar-refractivity contribution < 1.29 is 14.7 Å². The van der Waals surface area contributed by atoms with Crippen LogP contribution in [0.3, 0.4) is 0 Å². The van der Waals surface area contributed by atoms with Crippen molar-refractivity contribution in [1.82, 2.24) is 5.32 Å². The fraction of sp³-hybridized carbons (Fsp3) is 0.500. The maximum Gasteiger partial charge on any atom is 0.303 e. The van der Waals surface area contributed by atoms with E-state index in [1.807, 2.05) is 51.1 Å². The lowest BCUT2D eigenvalue weighted by atomic mass is 9.86. The van der Waals surface area contributed by atoms with Crippen LogP contribution in [0.1, 0.15) is 45.2 Å². The Labute approximate surface area is 125 Å². The van der Waals surface area contributed by atoms with Crippen LogP contribution in [0.15, 0.2) is 30.3 Å². The number of carboxylic acids is 1. The summed E-state index contributed by atoms with van der Waals surface area (Å²) >= 11 is 0. The van der Waals surface area contributed by atoms with Gasteiger partial charge in [-0.15, -0.1) is 0 Å². The van der Waals surface area contributed by atoms with Gasteiger partial charge in [0.15, 0.2) is 0 Å². The minimum absolute atomic E-state index is 0.00933. The van der Waals surface area contributed by atoms with Crippen LogP contribution in [0.5, 0.6) is 0 Å². The molecular weight excluding hydrogens is 268 g/mol. The molecule has 0 spiro atoms. The van der Waals surface area contributed by atoms with Gasteiger partial charge in [-0.2, -0.15) is 0 Å². The highest BCUT2D eigenvalue weighted by atomic mass is 16.4. The molecule has 116 valence electrons. The number of rotatable bonds is 6. The Bertz CT molecular complexity index is 480. The number of nitrogens with one attached hydrogen (secondary N) is 1. The molecule has 0 saturated carbocycles. The Morgan fingerprint density at radius 1 is 1.24 bits per heavy atom. The first-order valence-corrected chi connectivity index (χ1v) is 7.04. The molecule has 0 aliphatic heterocycles. The number of hydrogen-bond donors (Lipinski definition) is 3. The zero-order valence-corrected chi connectivity index (χ0v) is 12.8. The van der Waals surface area contributed by atoms with Gasteiger partial charge in [0, 0.05) is 6.42 Å². The van der Waals surface area contributed by atoms with Crippen LogP contribution in [-0.2, 0) is 9.59 Å². The quantitative estimate of drug-likeness (QED) is 0.748. The van der Waals surface area contributed by atoms with Crippen molar-refractivity contribution in [2.45, 2.75) is 45.7 Å². The van der Waals surface area contributed by atoms with Crippen LogP contribution in [-0.4, -0.2) is 23.0 Å². The SMILES string of the molecule is CC(C)(C)[C@@H](N)C(=O)NC(CCC(=O)O)c1ccccc1. The summed E-state index contributed by atoms with van der Waals surface area (Å²) in [7, 11) is 0. The molecule has 4 N–H and O–H groups in total. The number of carboxylic acid groups (broad SMARTS) is 1. The lowest BCUT2D eigenvalue weighted by Crippen LogP contribution is -2.49. The summed E-state index contributed by atoms with van der Waals surface area (Å²) < 4.78 is 0. The van der Waals surface area contributed by atoms with E-state index in [1.54, 1.807) is 0 Å². The van der Waals surface area contributed by atoms with Crippen LogP contribution < -0.4 is 11.1 Å². The molecule has 0 radical (unpaired) electrons. The number of carbonyl (C=O) groups is 2. The highest BCUT2D eigenvalue weighted by Gasteiger charge is 2.29. The number of aliphatic carboxylic acids is 1. The van der Waals surface area contributed by atoms with E-state index in [0.29, 0.717) is 6.42 Å². The van der Waals surface area contributed by atoms with Crippen molar-refractivity contribution in [3.8, 4) is 0 Å². The molecule has 0 saturated heterocycles. The van der Waals surface area contributed by atoms with Crippen LogP contribution in [0.25, 0.3) is 0 Å². The molecule has 5 nitrogen and oxygen atoms in total. The summed E-state index contributed by atoms with van der Waals surface area (Å²) in [6, 6.07) is 8.35. The maximum absolute atomic E-state index is 12.2. The van der Waals surface area contributed by atoms with Gasteiger partial charge in [-0.05, 0) is 17.4 Å². The number of nitrogens with two attached hydrogens (primary N) is 1. The summed E-state index contributed by atoms with van der Waals surface area (Å²) in [5, 5.41) is 11.7. The highest BCUT2D eigenvalue weighted by molar-refractivity contribution is 5.82. The number of hydrogen-bond acceptors (Lipinski definition) is 3. The van der Waals surface area contributed by atoms with Gasteiger partial charge in [-0.3, -0.25) is 9.59 Å². The van der Waals surface area contributed by atoms with E-state index in [4.69, 9.17) is 10.8 Å². The standard InChI is InChI=1S/C16H24N2O3/c1-16(2,3)14(17)15(21)18-12(9-10-13(19)20)11-7-5-4-6-8-11/h4-8,12,14H,9-10,17H2,1-3H3,(H,18,21)(H,19,20)/t12?,14-/m0/s1. The number of carbonyl (C=O) groups excluding carboxylic acids is 1. The van der Waals surface area contributed by atoms with Crippen LogP contribution >= 0.6 is 0 Å². The van der Waals surface area contributed by atoms with Crippen molar-refractivity contribution in [3.63, 3.8) is 0 Å². The van der Waals surface area contributed by atoms with Crippen LogP contribution in [0, 0.1) is 5.41 Å². The molecule has 1 unspecified atom stereocenters. The predicted octanol–water partition coefficient (Wildman–Crippen LogP) is 2.08. The van der Waals surface area contributed by atoms with E-state index in [-0.39, 0.29) is 23.8 Å². The summed E-state index contributed by atoms with van der Waals surface area (Å²) in [5.41, 5.74) is 6.48. The third-order valence-electron chi connectivity index (χ3n) is 3.38. The lowest BCUT2D eigenvalue weighted by molar-refractivity contribution is -0.137. The molecule has 1 rings (SSSR count). The smallest absolute Gasteiger partial charge is 0.303 e. The van der Waals surface area contributed by atoms with E-state index < -0.39 is 12.0 Å². The predicted molar refractivity (Wildman–Crippen MR) is 81.6 cm³/mol. The Hall–Kier alpha value is -1.88. The summed E-state index contributed by atoms with van der Waals surface area (Å²) in [6.07, 6.45) is 0.326. The largest absolute Gasteiger partial charge is 0.481 e. The van der Waals surface area contributed by atoms with Gasteiger partial charge >= 0.3 is 5.97 Å². The van der Waals surface area contributed by atoms with Crippen LogP contribution in [0.4, 0.5) is 0 Å². The molecule has 0 heterocycles. The van der Waals surface area contributed by atoms with Crippen molar-refractivity contribution >= 4 is 11.9 Å². The van der Waals surface area contributed by atoms with Gasteiger partial charge in [0.05, 0.1) is 12.1 Å².